The molecule has 1 heterocycles. The van der Waals surface area contributed by atoms with Crippen molar-refractivity contribution >= 4 is 17.6 Å². The Kier molecular flexibility index (Phi) is 3.37. The van der Waals surface area contributed by atoms with Gasteiger partial charge in [-0.15, -0.1) is 5.10 Å². The van der Waals surface area contributed by atoms with Crippen LogP contribution in [0.5, 0.6) is 0 Å². The molecule has 2 aromatic carbocycles. The molecule has 1 aromatic heterocycles. The Balaban J connectivity index is 2.11. The molecule has 0 radical (unpaired) electrons. The molecule has 7 heteroatoms. The molecular weight excluding hydrogens is 292 g/mol. The number of hydrogen-bond donors (Lipinski definition) is 1. The SMILES string of the molecule is O=C(O)c1cc(-c2ccc(Cl)cc2)ccc1-n1cnnn1. The highest BCUT2D eigenvalue weighted by Gasteiger charge is 2.14. The number of aromatic nitrogens is 4. The van der Waals surface area contributed by atoms with E-state index in [0.717, 1.165) is 11.1 Å². The van der Waals surface area contributed by atoms with Crippen LogP contribution in [-0.2, 0) is 0 Å². The van der Waals surface area contributed by atoms with E-state index in [1.54, 1.807) is 24.3 Å². The van der Waals surface area contributed by atoms with E-state index in [-0.39, 0.29) is 5.56 Å². The minimum atomic E-state index is -1.05. The number of halogens is 1. The molecule has 0 fully saturated rings. The van der Waals surface area contributed by atoms with Crippen LogP contribution in [0, 0.1) is 0 Å². The maximum atomic E-state index is 11.5. The van der Waals surface area contributed by atoms with E-state index in [1.807, 2.05) is 18.2 Å². The van der Waals surface area contributed by atoms with Gasteiger partial charge >= 0.3 is 5.97 Å². The molecule has 0 spiro atoms. The third-order valence-electron chi connectivity index (χ3n) is 3.00. The smallest absolute Gasteiger partial charge is 0.337 e. The summed E-state index contributed by atoms with van der Waals surface area (Å²) in [5.41, 5.74) is 2.19. The number of carboxylic acids is 1. The summed E-state index contributed by atoms with van der Waals surface area (Å²) in [6.07, 6.45) is 1.35. The number of aromatic carboxylic acids is 1. The number of nitrogens with zero attached hydrogens (tertiary/aromatic N) is 4. The van der Waals surface area contributed by atoms with E-state index in [4.69, 9.17) is 11.6 Å². The van der Waals surface area contributed by atoms with Crippen LogP contribution in [-0.4, -0.2) is 31.3 Å². The molecule has 3 aromatic rings. The second-order valence-corrected chi connectivity index (χ2v) is 4.73. The predicted octanol–water partition coefficient (Wildman–Crippen LogP) is 2.68. The van der Waals surface area contributed by atoms with Gasteiger partial charge in [-0.25, -0.2) is 4.79 Å². The molecule has 0 amide bonds. The lowest BCUT2D eigenvalue weighted by Gasteiger charge is -2.08. The van der Waals surface area contributed by atoms with Gasteiger partial charge in [-0.3, -0.25) is 0 Å². The zero-order chi connectivity index (χ0) is 14.8. The molecule has 0 saturated heterocycles. The highest BCUT2D eigenvalue weighted by Crippen LogP contribution is 2.25. The Morgan fingerprint density at radius 3 is 2.43 bits per heavy atom. The highest BCUT2D eigenvalue weighted by atomic mass is 35.5. The van der Waals surface area contributed by atoms with Crippen molar-refractivity contribution in [2.24, 2.45) is 0 Å². The average molecular weight is 301 g/mol. The largest absolute Gasteiger partial charge is 0.478 e. The monoisotopic (exact) mass is 300 g/mol. The van der Waals surface area contributed by atoms with Gasteiger partial charge < -0.3 is 5.11 Å². The van der Waals surface area contributed by atoms with Gasteiger partial charge in [0.05, 0.1) is 11.3 Å². The summed E-state index contributed by atoms with van der Waals surface area (Å²) >= 11 is 5.85. The van der Waals surface area contributed by atoms with Crippen LogP contribution in [0.4, 0.5) is 0 Å². The first kappa shape index (κ1) is 13.3. The number of carboxylic acid groups (broad SMARTS) is 1. The summed E-state index contributed by atoms with van der Waals surface area (Å²) in [5, 5.41) is 20.8. The van der Waals surface area contributed by atoms with Gasteiger partial charge in [-0.1, -0.05) is 29.8 Å². The van der Waals surface area contributed by atoms with Crippen molar-refractivity contribution < 1.29 is 9.90 Å². The Hall–Kier alpha value is -2.73. The van der Waals surface area contributed by atoms with E-state index in [9.17, 15) is 9.90 Å². The minimum absolute atomic E-state index is 0.120. The van der Waals surface area contributed by atoms with Crippen molar-refractivity contribution in [3.8, 4) is 16.8 Å². The van der Waals surface area contributed by atoms with Crippen molar-refractivity contribution in [3.63, 3.8) is 0 Å². The van der Waals surface area contributed by atoms with E-state index in [0.29, 0.717) is 10.7 Å². The van der Waals surface area contributed by atoms with Crippen molar-refractivity contribution in [2.45, 2.75) is 0 Å². The first-order valence-corrected chi connectivity index (χ1v) is 6.39. The Morgan fingerprint density at radius 1 is 1.10 bits per heavy atom. The minimum Gasteiger partial charge on any atom is -0.478 e. The van der Waals surface area contributed by atoms with E-state index in [2.05, 4.69) is 15.5 Å². The first-order valence-electron chi connectivity index (χ1n) is 6.02. The van der Waals surface area contributed by atoms with Crippen molar-refractivity contribution in [1.82, 2.24) is 20.2 Å². The van der Waals surface area contributed by atoms with Crippen molar-refractivity contribution in [2.75, 3.05) is 0 Å². The summed E-state index contributed by atoms with van der Waals surface area (Å²) in [5.74, 6) is -1.05. The van der Waals surface area contributed by atoms with E-state index in [1.165, 1.54) is 11.0 Å². The summed E-state index contributed by atoms with van der Waals surface area (Å²) in [6.45, 7) is 0. The van der Waals surface area contributed by atoms with Crippen LogP contribution < -0.4 is 0 Å². The molecule has 3 rings (SSSR count). The number of tetrazole rings is 1. The maximum absolute atomic E-state index is 11.5. The van der Waals surface area contributed by atoms with Crippen LogP contribution in [0.15, 0.2) is 48.8 Å². The van der Waals surface area contributed by atoms with Gasteiger partial charge in [0.15, 0.2) is 0 Å². The average Bonchev–Trinajstić information content (AvgIpc) is 3.01. The lowest BCUT2D eigenvalue weighted by atomic mass is 10.0. The summed E-state index contributed by atoms with van der Waals surface area (Å²) in [6, 6.07) is 12.2. The molecule has 1 N–H and O–H groups in total. The van der Waals surface area contributed by atoms with Crippen LogP contribution >= 0.6 is 11.6 Å². The Morgan fingerprint density at radius 2 is 1.81 bits per heavy atom. The van der Waals surface area contributed by atoms with Gasteiger partial charge in [0.1, 0.15) is 6.33 Å². The fourth-order valence-electron chi connectivity index (χ4n) is 2.00. The molecule has 21 heavy (non-hydrogen) atoms. The fraction of sp³-hybridized carbons (Fsp3) is 0. The van der Waals surface area contributed by atoms with Crippen LogP contribution in [0.1, 0.15) is 10.4 Å². The molecule has 0 aliphatic heterocycles. The van der Waals surface area contributed by atoms with E-state index >= 15 is 0 Å². The molecule has 6 nitrogen and oxygen atoms in total. The predicted molar refractivity (Wildman–Crippen MR) is 76.6 cm³/mol. The molecule has 0 atom stereocenters. The maximum Gasteiger partial charge on any atom is 0.337 e. The van der Waals surface area contributed by atoms with Crippen molar-refractivity contribution in [1.29, 1.82) is 0 Å². The zero-order valence-electron chi connectivity index (χ0n) is 10.6. The van der Waals surface area contributed by atoms with Crippen LogP contribution in [0.25, 0.3) is 16.8 Å². The number of carbonyl (C=O) groups is 1. The molecular formula is C14H9ClN4O2. The quantitative estimate of drug-likeness (QED) is 0.804. The van der Waals surface area contributed by atoms with Gasteiger partial charge in [0.2, 0.25) is 0 Å². The van der Waals surface area contributed by atoms with Crippen LogP contribution in [0.2, 0.25) is 5.02 Å². The number of hydrogen-bond acceptors (Lipinski definition) is 4. The van der Waals surface area contributed by atoms with Gasteiger partial charge in [0, 0.05) is 5.02 Å². The summed E-state index contributed by atoms with van der Waals surface area (Å²) in [4.78, 5) is 11.5. The van der Waals surface area contributed by atoms with E-state index < -0.39 is 5.97 Å². The molecule has 0 bridgehead atoms. The second-order valence-electron chi connectivity index (χ2n) is 4.30. The third kappa shape index (κ3) is 2.61. The highest BCUT2D eigenvalue weighted by molar-refractivity contribution is 6.30. The lowest BCUT2D eigenvalue weighted by Crippen LogP contribution is -2.06. The van der Waals surface area contributed by atoms with Crippen LogP contribution in [0.3, 0.4) is 0 Å². The lowest BCUT2D eigenvalue weighted by molar-refractivity contribution is 0.0697. The van der Waals surface area contributed by atoms with Gasteiger partial charge in [-0.05, 0) is 45.8 Å². The summed E-state index contributed by atoms with van der Waals surface area (Å²) < 4.78 is 1.31. The normalized spacial score (nSPS) is 10.5. The summed E-state index contributed by atoms with van der Waals surface area (Å²) in [7, 11) is 0. The Bertz CT molecular complexity index is 785. The molecule has 104 valence electrons. The standard InChI is InChI=1S/C14H9ClN4O2/c15-11-4-1-9(2-5-11)10-3-6-13(12(7-10)14(20)21)19-8-16-17-18-19/h1-8H,(H,20,21). The first-order chi connectivity index (χ1) is 10.1. The molecule has 0 saturated carbocycles. The number of rotatable bonds is 3. The zero-order valence-corrected chi connectivity index (χ0v) is 11.4. The van der Waals surface area contributed by atoms with Gasteiger partial charge in [-0.2, -0.15) is 4.68 Å². The molecule has 0 unspecified atom stereocenters. The Labute approximate surface area is 124 Å². The fourth-order valence-corrected chi connectivity index (χ4v) is 2.13. The third-order valence-corrected chi connectivity index (χ3v) is 3.25. The van der Waals surface area contributed by atoms with Gasteiger partial charge in [0.25, 0.3) is 0 Å². The topological polar surface area (TPSA) is 80.9 Å². The van der Waals surface area contributed by atoms with Crippen molar-refractivity contribution in [3.05, 3.63) is 59.4 Å². The number of benzene rings is 2. The second kappa shape index (κ2) is 5.34. The molecule has 0 aliphatic carbocycles. The molecule has 0 aliphatic rings.